The summed E-state index contributed by atoms with van der Waals surface area (Å²) >= 11 is 1.46. The van der Waals surface area contributed by atoms with Gasteiger partial charge in [0, 0.05) is 68.2 Å². The highest BCUT2D eigenvalue weighted by Crippen LogP contribution is 2.43. The van der Waals surface area contributed by atoms with Gasteiger partial charge in [-0.3, -0.25) is 4.90 Å². The topological polar surface area (TPSA) is 82.6 Å². The van der Waals surface area contributed by atoms with E-state index < -0.39 is 11.7 Å². The Morgan fingerprint density at radius 2 is 1.83 bits per heavy atom. The molecule has 1 aromatic rings. The van der Waals surface area contributed by atoms with Crippen LogP contribution in [0.5, 0.6) is 0 Å². The number of piperidine rings is 1. The Kier molecular flexibility index (Phi) is 8.64. The van der Waals surface area contributed by atoms with Gasteiger partial charge in [-0.1, -0.05) is 23.9 Å². The average molecular weight is 507 g/mol. The number of allylic oxidation sites excluding steroid dienone is 2. The molecule has 0 spiro atoms. The van der Waals surface area contributed by atoms with Gasteiger partial charge in [0.05, 0.1) is 22.7 Å². The summed E-state index contributed by atoms with van der Waals surface area (Å²) in [6.07, 6.45) is -0.137. The summed E-state index contributed by atoms with van der Waals surface area (Å²) in [5.41, 5.74) is 15.1. The van der Waals surface area contributed by atoms with Crippen LogP contribution in [0, 0.1) is 0 Å². The SMILES string of the molecule is NCCN(CCN)CCN1CCC(NC2=CC(C(F)(F)F)=C=CC3=C2Nc2ccccc2S3)CC1. The zero-order chi connectivity index (χ0) is 24.8. The van der Waals surface area contributed by atoms with E-state index in [0.29, 0.717) is 24.5 Å². The Bertz CT molecular complexity index is 1010. The number of fused-ring (bicyclic) bond motifs is 1. The predicted molar refractivity (Wildman–Crippen MR) is 136 cm³/mol. The largest absolute Gasteiger partial charge is 0.423 e. The third-order valence-corrected chi connectivity index (χ3v) is 7.52. The van der Waals surface area contributed by atoms with E-state index >= 15 is 0 Å². The van der Waals surface area contributed by atoms with Gasteiger partial charge in [0.25, 0.3) is 0 Å². The van der Waals surface area contributed by atoms with Gasteiger partial charge in [-0.25, -0.2) is 0 Å². The first kappa shape index (κ1) is 25.9. The fraction of sp³-hybridized carbons (Fsp3) is 0.480. The third-order valence-electron chi connectivity index (χ3n) is 6.41. The van der Waals surface area contributed by atoms with Crippen molar-refractivity contribution in [3.8, 4) is 0 Å². The number of alkyl halides is 3. The van der Waals surface area contributed by atoms with Crippen molar-refractivity contribution in [2.24, 2.45) is 11.5 Å². The molecule has 1 aromatic carbocycles. The van der Waals surface area contributed by atoms with Gasteiger partial charge in [0.2, 0.25) is 0 Å². The minimum atomic E-state index is -4.47. The standard InChI is InChI=1S/C25H33F3N6S/c26-25(27,28)18-5-6-23-24(32-20-3-1-2-4-22(20)35-23)21(17-18)31-19-7-11-33(12-8-19)15-16-34(13-9-29)14-10-30/h1-4,6,17,19,31-32H,7-16,29-30H2. The first-order chi connectivity index (χ1) is 16.9. The van der Waals surface area contributed by atoms with Crippen LogP contribution < -0.4 is 22.1 Å². The van der Waals surface area contributed by atoms with Crippen LogP contribution in [0.15, 0.2) is 68.9 Å². The van der Waals surface area contributed by atoms with Crippen LogP contribution in [-0.4, -0.2) is 74.4 Å². The van der Waals surface area contributed by atoms with Gasteiger partial charge in [-0.2, -0.15) is 13.2 Å². The number of benzene rings is 1. The molecule has 6 nitrogen and oxygen atoms in total. The molecular weight excluding hydrogens is 473 g/mol. The number of hydrogen-bond acceptors (Lipinski definition) is 7. The fourth-order valence-corrected chi connectivity index (χ4v) is 5.50. The van der Waals surface area contributed by atoms with E-state index in [1.807, 2.05) is 24.3 Å². The van der Waals surface area contributed by atoms with Crippen molar-refractivity contribution in [3.05, 3.63) is 64.0 Å². The number of halogens is 3. The van der Waals surface area contributed by atoms with Crippen molar-refractivity contribution in [3.63, 3.8) is 0 Å². The molecule has 2 aliphatic heterocycles. The maximum absolute atomic E-state index is 13.7. The highest BCUT2D eigenvalue weighted by molar-refractivity contribution is 8.03. The molecule has 6 N–H and O–H groups in total. The van der Waals surface area contributed by atoms with Gasteiger partial charge >= 0.3 is 6.18 Å². The zero-order valence-electron chi connectivity index (χ0n) is 19.7. The first-order valence-electron chi connectivity index (χ1n) is 12.0. The van der Waals surface area contributed by atoms with Crippen molar-refractivity contribution < 1.29 is 13.2 Å². The lowest BCUT2D eigenvalue weighted by atomic mass is 10.0. The van der Waals surface area contributed by atoms with Crippen molar-refractivity contribution in [1.82, 2.24) is 15.1 Å². The molecule has 0 unspecified atom stereocenters. The quantitative estimate of drug-likeness (QED) is 0.383. The number of rotatable bonds is 9. The van der Waals surface area contributed by atoms with Crippen molar-refractivity contribution in [2.75, 3.05) is 57.7 Å². The number of nitrogens with one attached hydrogen (secondary N) is 2. The predicted octanol–water partition coefficient (Wildman–Crippen LogP) is 3.23. The minimum Gasteiger partial charge on any atom is -0.380 e. The van der Waals surface area contributed by atoms with Crippen LogP contribution in [0.4, 0.5) is 18.9 Å². The van der Waals surface area contributed by atoms with E-state index in [-0.39, 0.29) is 6.04 Å². The smallest absolute Gasteiger partial charge is 0.380 e. The van der Waals surface area contributed by atoms with Crippen LogP contribution >= 0.6 is 11.8 Å². The lowest BCUT2D eigenvalue weighted by Crippen LogP contribution is -2.46. The van der Waals surface area contributed by atoms with E-state index in [1.165, 1.54) is 23.9 Å². The summed E-state index contributed by atoms with van der Waals surface area (Å²) in [5.74, 6) is 0. The molecule has 35 heavy (non-hydrogen) atoms. The number of anilines is 1. The second-order valence-electron chi connectivity index (χ2n) is 8.90. The Hall–Kier alpha value is -2.20. The second kappa shape index (κ2) is 11.7. The first-order valence-corrected chi connectivity index (χ1v) is 12.8. The monoisotopic (exact) mass is 506 g/mol. The van der Waals surface area contributed by atoms with Crippen LogP contribution in [0.3, 0.4) is 0 Å². The lowest BCUT2D eigenvalue weighted by Gasteiger charge is -2.35. The molecule has 1 fully saturated rings. The van der Waals surface area contributed by atoms with E-state index in [4.69, 9.17) is 11.5 Å². The van der Waals surface area contributed by atoms with E-state index in [9.17, 15) is 13.2 Å². The van der Waals surface area contributed by atoms with Crippen LogP contribution in [-0.2, 0) is 0 Å². The van der Waals surface area contributed by atoms with E-state index in [1.54, 1.807) is 0 Å². The molecule has 1 saturated heterocycles. The van der Waals surface area contributed by atoms with Gasteiger partial charge in [-0.05, 0) is 37.1 Å². The highest BCUT2D eigenvalue weighted by Gasteiger charge is 2.35. The molecule has 0 bridgehead atoms. The van der Waals surface area contributed by atoms with Gasteiger partial charge in [-0.15, -0.1) is 5.73 Å². The maximum Gasteiger partial charge on any atom is 0.423 e. The number of hydrogen-bond donors (Lipinski definition) is 4. The average Bonchev–Trinajstić information content (AvgIpc) is 3.01. The molecule has 0 saturated carbocycles. The molecular formula is C25H33F3N6S. The van der Waals surface area contributed by atoms with Gasteiger partial charge < -0.3 is 27.0 Å². The Morgan fingerprint density at radius 3 is 2.51 bits per heavy atom. The van der Waals surface area contributed by atoms with Crippen molar-refractivity contribution in [2.45, 2.75) is 30.0 Å². The molecule has 3 aliphatic rings. The summed E-state index contributed by atoms with van der Waals surface area (Å²) in [6.45, 7) is 6.51. The van der Waals surface area contributed by atoms with Crippen LogP contribution in [0.25, 0.3) is 0 Å². The summed E-state index contributed by atoms with van der Waals surface area (Å²) in [7, 11) is 0. The number of nitrogens with zero attached hydrogens (tertiary/aromatic N) is 2. The maximum atomic E-state index is 13.7. The van der Waals surface area contributed by atoms with Crippen molar-refractivity contribution in [1.29, 1.82) is 0 Å². The molecule has 0 amide bonds. The third kappa shape index (κ3) is 6.73. The Balaban J connectivity index is 1.43. The molecule has 10 heteroatoms. The highest BCUT2D eigenvalue weighted by atomic mass is 32.2. The number of thioether (sulfide) groups is 1. The molecule has 2 heterocycles. The Labute approximate surface area is 209 Å². The molecule has 1 aliphatic carbocycles. The van der Waals surface area contributed by atoms with E-state index in [2.05, 4.69) is 26.2 Å². The lowest BCUT2D eigenvalue weighted by molar-refractivity contribution is -0.0880. The van der Waals surface area contributed by atoms with Crippen LogP contribution in [0.2, 0.25) is 0 Å². The zero-order valence-corrected chi connectivity index (χ0v) is 20.5. The van der Waals surface area contributed by atoms with Gasteiger partial charge in [0.15, 0.2) is 0 Å². The molecule has 4 rings (SSSR count). The van der Waals surface area contributed by atoms with Gasteiger partial charge in [0.1, 0.15) is 0 Å². The van der Waals surface area contributed by atoms with Crippen molar-refractivity contribution >= 4 is 17.4 Å². The number of nitrogens with two attached hydrogens (primary N) is 2. The normalized spacial score (nSPS) is 19.0. The number of para-hydroxylation sites is 1. The summed E-state index contributed by atoms with van der Waals surface area (Å²) in [4.78, 5) is 6.37. The van der Waals surface area contributed by atoms with Crippen LogP contribution in [0.1, 0.15) is 12.8 Å². The fourth-order valence-electron chi connectivity index (χ4n) is 4.51. The molecule has 0 aromatic heterocycles. The summed E-state index contributed by atoms with van der Waals surface area (Å²) in [6, 6.07) is 7.82. The summed E-state index contributed by atoms with van der Waals surface area (Å²) < 4.78 is 41.0. The molecule has 190 valence electrons. The summed E-state index contributed by atoms with van der Waals surface area (Å²) in [5, 5.41) is 6.79. The minimum absolute atomic E-state index is 0.0898. The molecule has 0 radical (unpaired) electrons. The number of likely N-dealkylation sites (tertiary alicyclic amines) is 1. The molecule has 0 atom stereocenters. The second-order valence-corrected chi connectivity index (χ2v) is 9.98. The Morgan fingerprint density at radius 1 is 1.11 bits per heavy atom. The van der Waals surface area contributed by atoms with E-state index in [0.717, 1.165) is 67.6 Å².